The van der Waals surface area contributed by atoms with Crippen molar-refractivity contribution in [3.05, 3.63) is 21.2 Å². The van der Waals surface area contributed by atoms with Crippen molar-refractivity contribution in [3.63, 3.8) is 0 Å². The number of allylic oxidation sites excluding steroid dienone is 1. The van der Waals surface area contributed by atoms with Crippen LogP contribution in [0.15, 0.2) is 11.1 Å². The summed E-state index contributed by atoms with van der Waals surface area (Å²) in [6.45, 7) is 4.28. The number of hydrogen-bond acceptors (Lipinski definition) is 3. The van der Waals surface area contributed by atoms with Gasteiger partial charge in [-0.3, -0.25) is 10.1 Å². The second kappa shape index (κ2) is 11.0. The van der Waals surface area contributed by atoms with Crippen molar-refractivity contribution in [2.24, 2.45) is 0 Å². The summed E-state index contributed by atoms with van der Waals surface area (Å²) in [5.74, 6) is 0.869. The Balaban J connectivity index is 3.82. The minimum absolute atomic E-state index is 0.247. The molecule has 0 aromatic heterocycles. The molecule has 0 aromatic carbocycles. The van der Waals surface area contributed by atoms with Crippen molar-refractivity contribution in [1.82, 2.24) is 0 Å². The molecule has 16 heavy (non-hydrogen) atoms. The molecule has 94 valence electrons. The van der Waals surface area contributed by atoms with Crippen molar-refractivity contribution >= 4 is 11.8 Å². The fraction of sp³-hybridized carbons (Fsp3) is 0.833. The molecule has 0 unspecified atom stereocenters. The maximum atomic E-state index is 10.7. The first-order valence-electron chi connectivity index (χ1n) is 6.19. The molecule has 0 aliphatic rings. The molecule has 0 aliphatic carbocycles. The molecule has 0 amide bonds. The van der Waals surface area contributed by atoms with Gasteiger partial charge in [0.2, 0.25) is 0 Å². The van der Waals surface area contributed by atoms with E-state index in [0.29, 0.717) is 5.03 Å². The zero-order valence-corrected chi connectivity index (χ0v) is 11.2. The average molecular weight is 245 g/mol. The van der Waals surface area contributed by atoms with Gasteiger partial charge in [-0.15, -0.1) is 0 Å². The summed E-state index contributed by atoms with van der Waals surface area (Å²) in [5.41, 5.74) is 0. The highest BCUT2D eigenvalue weighted by Gasteiger charge is 2.09. The third-order valence-corrected chi connectivity index (χ3v) is 3.41. The summed E-state index contributed by atoms with van der Waals surface area (Å²) in [6.07, 6.45) is 9.39. The minimum atomic E-state index is -0.247. The van der Waals surface area contributed by atoms with Gasteiger partial charge in [-0.25, -0.2) is 0 Å². The summed E-state index contributed by atoms with van der Waals surface area (Å²) >= 11 is 1.39. The zero-order valence-electron chi connectivity index (χ0n) is 10.4. The van der Waals surface area contributed by atoms with Gasteiger partial charge in [0.05, 0.1) is 4.92 Å². The van der Waals surface area contributed by atoms with Gasteiger partial charge in [-0.2, -0.15) is 0 Å². The van der Waals surface area contributed by atoms with Crippen molar-refractivity contribution in [2.75, 3.05) is 5.75 Å². The summed E-state index contributed by atoms with van der Waals surface area (Å²) in [5, 5.41) is 11.1. The molecule has 0 heterocycles. The monoisotopic (exact) mass is 245 g/mol. The first kappa shape index (κ1) is 15.5. The Kier molecular flexibility index (Phi) is 10.6. The lowest BCUT2D eigenvalue weighted by molar-refractivity contribution is -0.410. The second-order valence-corrected chi connectivity index (χ2v) is 4.97. The van der Waals surface area contributed by atoms with E-state index in [1.54, 1.807) is 6.08 Å². The number of nitro groups is 1. The van der Waals surface area contributed by atoms with Crippen molar-refractivity contribution < 1.29 is 4.92 Å². The molecule has 0 fully saturated rings. The first-order valence-corrected chi connectivity index (χ1v) is 7.18. The number of hydrogen-bond donors (Lipinski definition) is 0. The fourth-order valence-electron chi connectivity index (χ4n) is 1.33. The molecule has 0 radical (unpaired) electrons. The Bertz CT molecular complexity index is 217. The van der Waals surface area contributed by atoms with Crippen LogP contribution in [0.5, 0.6) is 0 Å². The molecule has 0 N–H and O–H groups in total. The smallest absolute Gasteiger partial charge is 0.258 e. The molecular formula is C12H23NO2S. The number of rotatable bonds is 10. The predicted octanol–water partition coefficient (Wildman–Crippen LogP) is 4.61. The van der Waals surface area contributed by atoms with E-state index in [9.17, 15) is 10.1 Å². The van der Waals surface area contributed by atoms with Crippen LogP contribution in [-0.2, 0) is 0 Å². The third kappa shape index (κ3) is 8.77. The highest BCUT2D eigenvalue weighted by atomic mass is 32.2. The molecule has 0 aromatic rings. The van der Waals surface area contributed by atoms with Crippen LogP contribution in [0, 0.1) is 10.1 Å². The van der Waals surface area contributed by atoms with Gasteiger partial charge in [0.1, 0.15) is 0 Å². The quantitative estimate of drug-likeness (QED) is 0.321. The lowest BCUT2D eigenvalue weighted by Crippen LogP contribution is -1.96. The van der Waals surface area contributed by atoms with E-state index in [1.165, 1.54) is 11.8 Å². The van der Waals surface area contributed by atoms with E-state index in [-0.39, 0.29) is 4.92 Å². The second-order valence-electron chi connectivity index (χ2n) is 3.85. The Labute approximate surface area is 103 Å². The Hall–Kier alpha value is -0.510. The van der Waals surface area contributed by atoms with Gasteiger partial charge in [-0.1, -0.05) is 51.3 Å². The van der Waals surface area contributed by atoms with E-state index in [1.807, 2.05) is 0 Å². The van der Waals surface area contributed by atoms with E-state index in [2.05, 4.69) is 13.8 Å². The van der Waals surface area contributed by atoms with Crippen LogP contribution >= 0.6 is 11.8 Å². The molecule has 0 atom stereocenters. The minimum Gasteiger partial charge on any atom is -0.258 e. The third-order valence-electron chi connectivity index (χ3n) is 2.30. The van der Waals surface area contributed by atoms with Crippen LogP contribution < -0.4 is 0 Å². The highest BCUT2D eigenvalue weighted by molar-refractivity contribution is 8.02. The van der Waals surface area contributed by atoms with Gasteiger partial charge in [0, 0.05) is 11.8 Å². The molecule has 0 rings (SSSR count). The number of thioether (sulfide) groups is 1. The molecule has 4 heteroatoms. The van der Waals surface area contributed by atoms with Gasteiger partial charge in [0.15, 0.2) is 0 Å². The van der Waals surface area contributed by atoms with Crippen LogP contribution in [0.25, 0.3) is 0 Å². The maximum Gasteiger partial charge on any atom is 0.299 e. The molecular weight excluding hydrogens is 222 g/mol. The molecule has 0 aliphatic heterocycles. The van der Waals surface area contributed by atoms with Crippen LogP contribution in [-0.4, -0.2) is 10.7 Å². The largest absolute Gasteiger partial charge is 0.299 e. The molecule has 3 nitrogen and oxygen atoms in total. The zero-order chi connectivity index (χ0) is 12.2. The van der Waals surface area contributed by atoms with Crippen LogP contribution in [0.4, 0.5) is 0 Å². The standard InChI is InChI=1S/C12H23NO2S/c1-3-5-7-8-10-12(13(14)15)16-11-9-6-4-2/h10H,3-9,11H2,1-2H3. The number of nitrogens with zero attached hydrogens (tertiary/aromatic N) is 1. The highest BCUT2D eigenvalue weighted by Crippen LogP contribution is 2.19. The Morgan fingerprint density at radius 3 is 2.38 bits per heavy atom. The predicted molar refractivity (Wildman–Crippen MR) is 71.2 cm³/mol. The van der Waals surface area contributed by atoms with Crippen molar-refractivity contribution in [2.45, 2.75) is 58.8 Å². The van der Waals surface area contributed by atoms with Gasteiger partial charge >= 0.3 is 0 Å². The normalized spacial score (nSPS) is 11.8. The van der Waals surface area contributed by atoms with E-state index >= 15 is 0 Å². The molecule has 0 saturated carbocycles. The van der Waals surface area contributed by atoms with Crippen molar-refractivity contribution in [3.8, 4) is 0 Å². The fourth-order valence-corrected chi connectivity index (χ4v) is 2.23. The lowest BCUT2D eigenvalue weighted by Gasteiger charge is -1.99. The number of unbranched alkanes of at least 4 members (excludes halogenated alkanes) is 5. The lowest BCUT2D eigenvalue weighted by atomic mass is 10.2. The first-order chi connectivity index (χ1) is 7.72. The molecule has 0 bridgehead atoms. The summed E-state index contributed by atoms with van der Waals surface area (Å²) < 4.78 is 0. The summed E-state index contributed by atoms with van der Waals surface area (Å²) in [6, 6.07) is 0. The van der Waals surface area contributed by atoms with Crippen molar-refractivity contribution in [1.29, 1.82) is 0 Å². The van der Waals surface area contributed by atoms with E-state index in [0.717, 1.165) is 50.7 Å². The maximum absolute atomic E-state index is 10.7. The van der Waals surface area contributed by atoms with E-state index < -0.39 is 0 Å². The van der Waals surface area contributed by atoms with E-state index in [4.69, 9.17) is 0 Å². The molecule has 0 spiro atoms. The van der Waals surface area contributed by atoms with Gasteiger partial charge in [-0.05, 0) is 19.3 Å². The van der Waals surface area contributed by atoms with Gasteiger partial charge in [0.25, 0.3) is 5.03 Å². The van der Waals surface area contributed by atoms with Gasteiger partial charge < -0.3 is 0 Å². The Morgan fingerprint density at radius 1 is 1.19 bits per heavy atom. The topological polar surface area (TPSA) is 43.1 Å². The summed E-state index contributed by atoms with van der Waals surface area (Å²) in [7, 11) is 0. The van der Waals surface area contributed by atoms with Crippen LogP contribution in [0.1, 0.15) is 58.8 Å². The summed E-state index contributed by atoms with van der Waals surface area (Å²) in [4.78, 5) is 10.5. The van der Waals surface area contributed by atoms with Crippen LogP contribution in [0.3, 0.4) is 0 Å². The average Bonchev–Trinajstić information content (AvgIpc) is 2.26. The Morgan fingerprint density at radius 2 is 1.81 bits per heavy atom. The SMILES string of the molecule is CCCCCC=C(SCCCCC)[N+](=O)[O-]. The van der Waals surface area contributed by atoms with Crippen LogP contribution in [0.2, 0.25) is 0 Å². The molecule has 0 saturated heterocycles.